The highest BCUT2D eigenvalue weighted by Gasteiger charge is 2.27. The lowest BCUT2D eigenvalue weighted by Crippen LogP contribution is -2.38. The highest BCUT2D eigenvalue weighted by Crippen LogP contribution is 2.25. The maximum Gasteiger partial charge on any atom is 0.264 e. The number of nitrogens with zero attached hydrogens (tertiary/aromatic N) is 1. The van der Waals surface area contributed by atoms with E-state index in [1.54, 1.807) is 54.6 Å². The Morgan fingerprint density at radius 3 is 2.00 bits per heavy atom. The van der Waals surface area contributed by atoms with Crippen molar-refractivity contribution in [3.63, 3.8) is 0 Å². The van der Waals surface area contributed by atoms with Crippen molar-refractivity contribution in [2.45, 2.75) is 24.8 Å². The van der Waals surface area contributed by atoms with Gasteiger partial charge in [-0.15, -0.1) is 0 Å². The maximum atomic E-state index is 13.6. The molecular weight excluding hydrogens is 498 g/mol. The molecule has 0 fully saturated rings. The van der Waals surface area contributed by atoms with Crippen LogP contribution in [0.4, 0.5) is 11.4 Å². The van der Waals surface area contributed by atoms with Gasteiger partial charge in [-0.25, -0.2) is 8.42 Å². The summed E-state index contributed by atoms with van der Waals surface area (Å²) in [5.74, 6) is -0.930. The lowest BCUT2D eigenvalue weighted by Gasteiger charge is -2.24. The number of benzene rings is 4. The second-order valence-electron chi connectivity index (χ2n) is 8.61. The molecule has 2 amide bonds. The van der Waals surface area contributed by atoms with Crippen molar-refractivity contribution in [2.24, 2.45) is 0 Å². The van der Waals surface area contributed by atoms with E-state index in [1.807, 2.05) is 49.4 Å². The van der Waals surface area contributed by atoms with Gasteiger partial charge in [0, 0.05) is 6.54 Å². The van der Waals surface area contributed by atoms with Gasteiger partial charge in [-0.3, -0.25) is 13.9 Å². The molecule has 38 heavy (non-hydrogen) atoms. The number of aryl methyl sites for hydroxylation is 1. The normalized spacial score (nSPS) is 11.0. The van der Waals surface area contributed by atoms with Gasteiger partial charge in [-0.1, -0.05) is 79.7 Å². The van der Waals surface area contributed by atoms with E-state index in [2.05, 4.69) is 10.6 Å². The Morgan fingerprint density at radius 2 is 1.34 bits per heavy atom. The van der Waals surface area contributed by atoms with Gasteiger partial charge < -0.3 is 10.6 Å². The summed E-state index contributed by atoms with van der Waals surface area (Å²) in [7, 11) is -4.03. The summed E-state index contributed by atoms with van der Waals surface area (Å²) in [6.07, 6.45) is 0.801. The van der Waals surface area contributed by atoms with E-state index >= 15 is 0 Å². The van der Waals surface area contributed by atoms with Gasteiger partial charge in [-0.2, -0.15) is 0 Å². The number of sulfonamides is 1. The van der Waals surface area contributed by atoms with Crippen LogP contribution in [0.3, 0.4) is 0 Å². The molecule has 0 saturated heterocycles. The predicted molar refractivity (Wildman–Crippen MR) is 149 cm³/mol. The summed E-state index contributed by atoms with van der Waals surface area (Å²) >= 11 is 0. The Bertz CT molecular complexity index is 1490. The lowest BCUT2D eigenvalue weighted by molar-refractivity contribution is -0.114. The minimum Gasteiger partial charge on any atom is -0.348 e. The summed E-state index contributed by atoms with van der Waals surface area (Å²) in [4.78, 5) is 26.2. The summed E-state index contributed by atoms with van der Waals surface area (Å²) in [6, 6.07) is 31.2. The summed E-state index contributed by atoms with van der Waals surface area (Å²) in [5.41, 5.74) is 2.93. The third kappa shape index (κ3) is 6.46. The minimum absolute atomic E-state index is 0.0769. The minimum atomic E-state index is -4.03. The van der Waals surface area contributed by atoms with Crippen LogP contribution in [-0.2, 0) is 27.8 Å². The Morgan fingerprint density at radius 1 is 0.737 bits per heavy atom. The number of anilines is 2. The molecule has 4 aromatic carbocycles. The molecule has 0 spiro atoms. The van der Waals surface area contributed by atoms with E-state index in [0.717, 1.165) is 21.9 Å². The van der Waals surface area contributed by atoms with Crippen LogP contribution in [0.25, 0.3) is 0 Å². The molecule has 0 bridgehead atoms. The van der Waals surface area contributed by atoms with Crippen LogP contribution < -0.4 is 14.9 Å². The topological polar surface area (TPSA) is 95.6 Å². The van der Waals surface area contributed by atoms with E-state index in [4.69, 9.17) is 0 Å². The van der Waals surface area contributed by atoms with E-state index in [9.17, 15) is 18.0 Å². The van der Waals surface area contributed by atoms with E-state index < -0.39 is 22.5 Å². The standard InChI is InChI=1S/C30H29N3O4S/c1-2-23-17-19-25(20-18-23)33(38(36,37)26-13-7-4-8-14-26)22-29(34)32-28-16-10-9-15-27(28)30(35)31-21-24-11-5-3-6-12-24/h3-20H,2,21-22H2,1H3,(H,31,35)(H,32,34). The van der Waals surface area contributed by atoms with Crippen molar-refractivity contribution in [1.29, 1.82) is 0 Å². The molecule has 0 unspecified atom stereocenters. The van der Waals surface area contributed by atoms with Gasteiger partial charge in [0.05, 0.1) is 21.8 Å². The molecule has 0 aromatic heterocycles. The third-order valence-electron chi connectivity index (χ3n) is 5.99. The predicted octanol–water partition coefficient (Wildman–Crippen LogP) is 5.01. The van der Waals surface area contributed by atoms with Gasteiger partial charge in [0.15, 0.2) is 0 Å². The summed E-state index contributed by atoms with van der Waals surface area (Å²) in [5, 5.41) is 5.59. The van der Waals surface area contributed by atoms with Gasteiger partial charge in [-0.05, 0) is 53.9 Å². The van der Waals surface area contributed by atoms with Crippen molar-refractivity contribution in [3.05, 3.63) is 126 Å². The quantitative estimate of drug-likeness (QED) is 0.303. The van der Waals surface area contributed by atoms with Crippen LogP contribution in [0.5, 0.6) is 0 Å². The van der Waals surface area contributed by atoms with Gasteiger partial charge in [0.2, 0.25) is 5.91 Å². The first-order chi connectivity index (χ1) is 18.4. The van der Waals surface area contributed by atoms with Gasteiger partial charge in [0.25, 0.3) is 15.9 Å². The Balaban J connectivity index is 1.56. The Hall–Kier alpha value is -4.43. The number of rotatable bonds is 10. The molecular formula is C30H29N3O4S. The highest BCUT2D eigenvalue weighted by atomic mass is 32.2. The molecule has 8 heteroatoms. The van der Waals surface area contributed by atoms with Gasteiger partial charge >= 0.3 is 0 Å². The van der Waals surface area contributed by atoms with Crippen molar-refractivity contribution < 1.29 is 18.0 Å². The Labute approximate surface area is 223 Å². The van der Waals surface area contributed by atoms with Crippen molar-refractivity contribution >= 4 is 33.2 Å². The number of nitrogens with one attached hydrogen (secondary N) is 2. The zero-order valence-corrected chi connectivity index (χ0v) is 21.8. The molecule has 0 saturated carbocycles. The maximum absolute atomic E-state index is 13.6. The summed E-state index contributed by atoms with van der Waals surface area (Å²) in [6.45, 7) is 1.87. The van der Waals surface area contributed by atoms with Crippen LogP contribution in [0.15, 0.2) is 114 Å². The molecule has 0 aliphatic heterocycles. The fourth-order valence-corrected chi connectivity index (χ4v) is 5.36. The van der Waals surface area contributed by atoms with Crippen LogP contribution in [-0.4, -0.2) is 26.8 Å². The molecule has 2 N–H and O–H groups in total. The van der Waals surface area contributed by atoms with Crippen molar-refractivity contribution in [3.8, 4) is 0 Å². The molecule has 0 atom stereocenters. The molecule has 0 heterocycles. The number of carbonyl (C=O) groups excluding carboxylic acids is 2. The molecule has 0 aliphatic rings. The molecule has 4 aromatic rings. The average Bonchev–Trinajstić information content (AvgIpc) is 2.96. The summed E-state index contributed by atoms with van der Waals surface area (Å²) < 4.78 is 28.2. The second kappa shape index (κ2) is 12.2. The van der Waals surface area contributed by atoms with E-state index in [-0.39, 0.29) is 16.4 Å². The lowest BCUT2D eigenvalue weighted by atomic mass is 10.1. The fraction of sp³-hybridized carbons (Fsp3) is 0.133. The number of hydrogen-bond acceptors (Lipinski definition) is 4. The second-order valence-corrected chi connectivity index (χ2v) is 10.5. The average molecular weight is 528 g/mol. The SMILES string of the molecule is CCc1ccc(N(CC(=O)Nc2ccccc2C(=O)NCc2ccccc2)S(=O)(=O)c2ccccc2)cc1. The van der Waals surface area contributed by atoms with Crippen LogP contribution in [0.2, 0.25) is 0 Å². The first-order valence-electron chi connectivity index (χ1n) is 12.3. The zero-order chi connectivity index (χ0) is 27.0. The van der Waals surface area contributed by atoms with Crippen LogP contribution in [0, 0.1) is 0 Å². The number of amides is 2. The molecule has 0 radical (unpaired) electrons. The smallest absolute Gasteiger partial charge is 0.264 e. The van der Waals surface area contributed by atoms with Crippen LogP contribution >= 0.6 is 0 Å². The number of hydrogen-bond donors (Lipinski definition) is 2. The number of para-hydroxylation sites is 1. The van der Waals surface area contributed by atoms with Crippen molar-refractivity contribution in [1.82, 2.24) is 5.32 Å². The highest BCUT2D eigenvalue weighted by molar-refractivity contribution is 7.92. The third-order valence-corrected chi connectivity index (χ3v) is 7.78. The monoisotopic (exact) mass is 527 g/mol. The van der Waals surface area contributed by atoms with E-state index in [0.29, 0.717) is 17.9 Å². The molecule has 7 nitrogen and oxygen atoms in total. The number of carbonyl (C=O) groups is 2. The largest absolute Gasteiger partial charge is 0.348 e. The Kier molecular flexibility index (Phi) is 8.55. The van der Waals surface area contributed by atoms with E-state index in [1.165, 1.54) is 12.1 Å². The fourth-order valence-electron chi connectivity index (χ4n) is 3.92. The molecule has 194 valence electrons. The molecule has 0 aliphatic carbocycles. The van der Waals surface area contributed by atoms with Gasteiger partial charge in [0.1, 0.15) is 6.54 Å². The first kappa shape index (κ1) is 26.6. The van der Waals surface area contributed by atoms with Crippen LogP contribution in [0.1, 0.15) is 28.4 Å². The molecule has 4 rings (SSSR count). The zero-order valence-electron chi connectivity index (χ0n) is 21.0. The first-order valence-corrected chi connectivity index (χ1v) is 13.7. The van der Waals surface area contributed by atoms with Crippen molar-refractivity contribution in [2.75, 3.05) is 16.2 Å².